The number of hydrogen-bond donors (Lipinski definition) is 1. The zero-order chi connectivity index (χ0) is 15.1. The summed E-state index contributed by atoms with van der Waals surface area (Å²) in [4.78, 5) is 4.59. The van der Waals surface area contributed by atoms with Crippen LogP contribution >= 0.6 is 0 Å². The van der Waals surface area contributed by atoms with Gasteiger partial charge in [0, 0.05) is 18.2 Å². The van der Waals surface area contributed by atoms with Gasteiger partial charge in [-0.2, -0.15) is 0 Å². The number of aryl methyl sites for hydroxylation is 1. The molecule has 1 aromatic heterocycles. The van der Waals surface area contributed by atoms with Crippen LogP contribution in [0.25, 0.3) is 10.9 Å². The number of rotatable bonds is 8. The number of benzene rings is 1. The van der Waals surface area contributed by atoms with Crippen LogP contribution in [0.1, 0.15) is 19.0 Å². The maximum atomic E-state index is 5.98. The zero-order valence-electron chi connectivity index (χ0n) is 13.1. The SMILES string of the molecule is CCCNC(COC)COc1cccc2ccc(C)nc12. The van der Waals surface area contributed by atoms with Crippen molar-refractivity contribution in [2.45, 2.75) is 26.3 Å². The van der Waals surface area contributed by atoms with E-state index in [-0.39, 0.29) is 6.04 Å². The normalized spacial score (nSPS) is 12.5. The molecule has 0 aliphatic heterocycles. The highest BCUT2D eigenvalue weighted by atomic mass is 16.5. The molecule has 1 aromatic carbocycles. The minimum Gasteiger partial charge on any atom is -0.490 e. The van der Waals surface area contributed by atoms with Gasteiger partial charge in [-0.3, -0.25) is 0 Å². The summed E-state index contributed by atoms with van der Waals surface area (Å²) < 4.78 is 11.2. The molecule has 114 valence electrons. The molecule has 2 rings (SSSR count). The fourth-order valence-electron chi connectivity index (χ4n) is 2.24. The van der Waals surface area contributed by atoms with Crippen molar-refractivity contribution in [1.29, 1.82) is 0 Å². The quantitative estimate of drug-likeness (QED) is 0.811. The standard InChI is InChI=1S/C17H24N2O2/c1-4-10-18-15(11-20-3)12-21-16-7-5-6-14-9-8-13(2)19-17(14)16/h5-9,15,18H,4,10-12H2,1-3H3. The van der Waals surface area contributed by atoms with Gasteiger partial charge in [-0.25, -0.2) is 4.98 Å². The Balaban J connectivity index is 2.09. The summed E-state index contributed by atoms with van der Waals surface area (Å²) in [6.45, 7) is 6.31. The van der Waals surface area contributed by atoms with Crippen molar-refractivity contribution >= 4 is 10.9 Å². The predicted octanol–water partition coefficient (Wildman–Crippen LogP) is 2.94. The fraction of sp³-hybridized carbons (Fsp3) is 0.471. The molecule has 0 radical (unpaired) electrons. The van der Waals surface area contributed by atoms with Crippen molar-refractivity contribution in [3.8, 4) is 5.75 Å². The third kappa shape index (κ3) is 4.41. The van der Waals surface area contributed by atoms with Gasteiger partial charge in [0.25, 0.3) is 0 Å². The molecule has 1 atom stereocenters. The minimum atomic E-state index is 0.190. The van der Waals surface area contributed by atoms with Gasteiger partial charge in [-0.1, -0.05) is 25.1 Å². The van der Waals surface area contributed by atoms with E-state index in [0.29, 0.717) is 13.2 Å². The Morgan fingerprint density at radius 1 is 1.19 bits per heavy atom. The van der Waals surface area contributed by atoms with E-state index in [1.807, 2.05) is 25.1 Å². The van der Waals surface area contributed by atoms with Crippen molar-refractivity contribution < 1.29 is 9.47 Å². The second kappa shape index (κ2) is 7.96. The van der Waals surface area contributed by atoms with Gasteiger partial charge in [0.15, 0.2) is 0 Å². The Hall–Kier alpha value is -1.65. The molecule has 4 nitrogen and oxygen atoms in total. The molecule has 2 aromatic rings. The van der Waals surface area contributed by atoms with Crippen molar-refractivity contribution in [3.63, 3.8) is 0 Å². The lowest BCUT2D eigenvalue weighted by Crippen LogP contribution is -2.38. The van der Waals surface area contributed by atoms with Crippen LogP contribution in [0.2, 0.25) is 0 Å². The predicted molar refractivity (Wildman–Crippen MR) is 85.9 cm³/mol. The Bertz CT molecular complexity index is 572. The molecule has 0 saturated carbocycles. The molecule has 0 fully saturated rings. The van der Waals surface area contributed by atoms with Crippen molar-refractivity contribution in [2.24, 2.45) is 0 Å². The number of hydrogen-bond acceptors (Lipinski definition) is 4. The van der Waals surface area contributed by atoms with E-state index >= 15 is 0 Å². The average Bonchev–Trinajstić information content (AvgIpc) is 2.50. The van der Waals surface area contributed by atoms with E-state index in [1.165, 1.54) is 0 Å². The summed E-state index contributed by atoms with van der Waals surface area (Å²) in [5.74, 6) is 0.829. The van der Waals surface area contributed by atoms with Crippen LogP contribution < -0.4 is 10.1 Å². The van der Waals surface area contributed by atoms with Crippen LogP contribution in [0, 0.1) is 6.92 Å². The summed E-state index contributed by atoms with van der Waals surface area (Å²) in [7, 11) is 1.71. The Kier molecular flexibility index (Phi) is 5.96. The number of aromatic nitrogens is 1. The second-order valence-electron chi connectivity index (χ2n) is 5.20. The number of nitrogens with zero attached hydrogens (tertiary/aromatic N) is 1. The van der Waals surface area contributed by atoms with Gasteiger partial charge >= 0.3 is 0 Å². The molecule has 0 aliphatic carbocycles. The van der Waals surface area contributed by atoms with Crippen LogP contribution in [0.15, 0.2) is 30.3 Å². The average molecular weight is 288 g/mol. The summed E-state index contributed by atoms with van der Waals surface area (Å²) >= 11 is 0. The van der Waals surface area contributed by atoms with Gasteiger partial charge in [0.2, 0.25) is 0 Å². The van der Waals surface area contributed by atoms with Crippen LogP contribution in [0.3, 0.4) is 0 Å². The minimum absolute atomic E-state index is 0.190. The first-order valence-electron chi connectivity index (χ1n) is 7.46. The molecule has 0 spiro atoms. The largest absolute Gasteiger partial charge is 0.490 e. The van der Waals surface area contributed by atoms with Crippen molar-refractivity contribution in [3.05, 3.63) is 36.0 Å². The molecule has 21 heavy (non-hydrogen) atoms. The molecule has 0 aliphatic rings. The fourth-order valence-corrected chi connectivity index (χ4v) is 2.24. The highest BCUT2D eigenvalue weighted by Gasteiger charge is 2.10. The Labute approximate surface area is 126 Å². The number of para-hydroxylation sites is 1. The first-order valence-corrected chi connectivity index (χ1v) is 7.46. The molecule has 0 saturated heterocycles. The van der Waals surface area contributed by atoms with E-state index in [2.05, 4.69) is 29.4 Å². The van der Waals surface area contributed by atoms with Crippen LogP contribution in [0.4, 0.5) is 0 Å². The number of nitrogens with one attached hydrogen (secondary N) is 1. The second-order valence-corrected chi connectivity index (χ2v) is 5.20. The third-order valence-electron chi connectivity index (χ3n) is 3.31. The topological polar surface area (TPSA) is 43.4 Å². The third-order valence-corrected chi connectivity index (χ3v) is 3.31. The number of methoxy groups -OCH3 is 1. The number of pyridine rings is 1. The smallest absolute Gasteiger partial charge is 0.145 e. The highest BCUT2D eigenvalue weighted by molar-refractivity contribution is 5.84. The molecule has 1 N–H and O–H groups in total. The maximum Gasteiger partial charge on any atom is 0.145 e. The van der Waals surface area contributed by atoms with Crippen LogP contribution in [0.5, 0.6) is 5.75 Å². The maximum absolute atomic E-state index is 5.98. The molecule has 0 amide bonds. The van der Waals surface area contributed by atoms with Crippen molar-refractivity contribution in [2.75, 3.05) is 26.9 Å². The molecule has 1 unspecified atom stereocenters. The first kappa shape index (κ1) is 15.7. The zero-order valence-corrected chi connectivity index (χ0v) is 13.1. The molecular formula is C17H24N2O2. The molecule has 0 bridgehead atoms. The Morgan fingerprint density at radius 3 is 2.81 bits per heavy atom. The van der Waals surface area contributed by atoms with Crippen molar-refractivity contribution in [1.82, 2.24) is 10.3 Å². The lowest BCUT2D eigenvalue weighted by atomic mass is 10.2. The van der Waals surface area contributed by atoms with Gasteiger partial charge in [0.05, 0.1) is 12.6 Å². The van der Waals surface area contributed by atoms with E-state index in [0.717, 1.165) is 35.3 Å². The van der Waals surface area contributed by atoms with Crippen LogP contribution in [-0.4, -0.2) is 37.9 Å². The van der Waals surface area contributed by atoms with E-state index in [9.17, 15) is 0 Å². The summed E-state index contributed by atoms with van der Waals surface area (Å²) in [6, 6.07) is 10.3. The van der Waals surface area contributed by atoms with Gasteiger partial charge in [-0.05, 0) is 32.0 Å². The van der Waals surface area contributed by atoms with E-state index in [4.69, 9.17) is 9.47 Å². The summed E-state index contributed by atoms with van der Waals surface area (Å²) in [6.07, 6.45) is 1.09. The molecule has 1 heterocycles. The first-order chi connectivity index (χ1) is 10.2. The monoisotopic (exact) mass is 288 g/mol. The Morgan fingerprint density at radius 2 is 2.05 bits per heavy atom. The molecular weight excluding hydrogens is 264 g/mol. The van der Waals surface area contributed by atoms with E-state index < -0.39 is 0 Å². The lowest BCUT2D eigenvalue weighted by Gasteiger charge is -2.18. The van der Waals surface area contributed by atoms with Gasteiger partial charge < -0.3 is 14.8 Å². The van der Waals surface area contributed by atoms with E-state index in [1.54, 1.807) is 7.11 Å². The lowest BCUT2D eigenvalue weighted by molar-refractivity contribution is 0.136. The highest BCUT2D eigenvalue weighted by Crippen LogP contribution is 2.24. The van der Waals surface area contributed by atoms with Gasteiger partial charge in [0.1, 0.15) is 17.9 Å². The van der Waals surface area contributed by atoms with Gasteiger partial charge in [-0.15, -0.1) is 0 Å². The number of fused-ring (bicyclic) bond motifs is 1. The summed E-state index contributed by atoms with van der Waals surface area (Å²) in [5, 5.41) is 4.53. The summed E-state index contributed by atoms with van der Waals surface area (Å²) in [5.41, 5.74) is 1.92. The number of ether oxygens (including phenoxy) is 2. The van der Waals surface area contributed by atoms with Crippen LogP contribution in [-0.2, 0) is 4.74 Å². The molecule has 4 heteroatoms.